The van der Waals surface area contributed by atoms with Crippen molar-refractivity contribution in [3.8, 4) is 23.0 Å². The van der Waals surface area contributed by atoms with Crippen LogP contribution in [0.1, 0.15) is 43.1 Å². The predicted octanol–water partition coefficient (Wildman–Crippen LogP) is 2.89. The molecule has 2 aromatic heterocycles. The highest BCUT2D eigenvalue weighted by molar-refractivity contribution is 5.79. The number of hydrogen-bond donors (Lipinski definition) is 0. The number of carbonyl (C=O) groups excluding carboxylic acids is 1. The third-order valence-corrected chi connectivity index (χ3v) is 5.56. The van der Waals surface area contributed by atoms with Crippen LogP contribution in [0.15, 0.2) is 35.1 Å². The Hall–Kier alpha value is -3.36. The number of carbonyl (C=O) groups is 1. The lowest BCUT2D eigenvalue weighted by Gasteiger charge is -2.28. The van der Waals surface area contributed by atoms with Crippen LogP contribution in [-0.4, -0.2) is 44.1 Å². The fourth-order valence-corrected chi connectivity index (χ4v) is 4.02. The van der Waals surface area contributed by atoms with Crippen LogP contribution in [0.5, 0.6) is 11.5 Å². The number of hydrogen-bond acceptors (Lipinski definition) is 7. The Morgan fingerprint density at radius 3 is 2.97 bits per heavy atom. The monoisotopic (exact) mass is 409 g/mol. The standard InChI is InChI=1S/C21H23N5O4/c1-25-12-15(11-22-25)21-23-20(24-30-21)16-5-3-2-4-8-26(16)19(27)10-14-6-7-17-18(9-14)29-13-28-17/h6-7,9,11-12,16H,2-5,8,10,13H2,1H3/t16-/m1/s1. The Morgan fingerprint density at radius 2 is 2.10 bits per heavy atom. The van der Waals surface area contributed by atoms with Gasteiger partial charge in [0.1, 0.15) is 0 Å². The molecule has 0 unspecified atom stereocenters. The van der Waals surface area contributed by atoms with E-state index >= 15 is 0 Å². The first-order valence-corrected chi connectivity index (χ1v) is 10.2. The van der Waals surface area contributed by atoms with Crippen LogP contribution < -0.4 is 9.47 Å². The summed E-state index contributed by atoms with van der Waals surface area (Å²) in [6.07, 6.45) is 7.70. The molecule has 9 nitrogen and oxygen atoms in total. The van der Waals surface area contributed by atoms with E-state index in [0.717, 1.165) is 36.8 Å². The number of benzene rings is 1. The van der Waals surface area contributed by atoms with E-state index in [-0.39, 0.29) is 18.7 Å². The summed E-state index contributed by atoms with van der Waals surface area (Å²) in [7, 11) is 1.84. The van der Waals surface area contributed by atoms with Crippen molar-refractivity contribution in [1.29, 1.82) is 0 Å². The van der Waals surface area contributed by atoms with Crippen LogP contribution in [0.25, 0.3) is 11.5 Å². The van der Waals surface area contributed by atoms with Crippen molar-refractivity contribution >= 4 is 5.91 Å². The van der Waals surface area contributed by atoms with Crippen LogP contribution in [0.2, 0.25) is 0 Å². The first-order valence-electron chi connectivity index (χ1n) is 10.2. The van der Waals surface area contributed by atoms with Crippen LogP contribution in [-0.2, 0) is 18.3 Å². The summed E-state index contributed by atoms with van der Waals surface area (Å²) in [6, 6.07) is 5.45. The van der Waals surface area contributed by atoms with Gasteiger partial charge in [0.05, 0.1) is 24.2 Å². The lowest BCUT2D eigenvalue weighted by molar-refractivity contribution is -0.133. The van der Waals surface area contributed by atoms with Gasteiger partial charge in [-0.1, -0.05) is 24.1 Å². The smallest absolute Gasteiger partial charge is 0.261 e. The molecule has 1 atom stereocenters. The number of aromatic nitrogens is 4. The molecule has 2 aliphatic heterocycles. The number of ether oxygens (including phenoxy) is 2. The van der Waals surface area contributed by atoms with Crippen LogP contribution in [0, 0.1) is 0 Å². The minimum atomic E-state index is -0.191. The van der Waals surface area contributed by atoms with E-state index in [1.165, 1.54) is 0 Å². The van der Waals surface area contributed by atoms with E-state index in [0.29, 0.717) is 36.2 Å². The number of rotatable bonds is 4. The maximum Gasteiger partial charge on any atom is 0.261 e. The molecule has 4 heterocycles. The lowest BCUT2D eigenvalue weighted by atomic mass is 10.1. The first kappa shape index (κ1) is 18.7. The Bertz CT molecular complexity index is 1060. The van der Waals surface area contributed by atoms with Gasteiger partial charge in [-0.15, -0.1) is 0 Å². The molecule has 3 aromatic rings. The second kappa shape index (κ2) is 7.81. The number of aryl methyl sites for hydroxylation is 1. The van der Waals surface area contributed by atoms with E-state index < -0.39 is 0 Å². The van der Waals surface area contributed by atoms with Crippen molar-refractivity contribution in [1.82, 2.24) is 24.8 Å². The number of nitrogens with zero attached hydrogens (tertiary/aromatic N) is 5. The summed E-state index contributed by atoms with van der Waals surface area (Å²) in [5.41, 5.74) is 1.67. The molecular weight excluding hydrogens is 386 g/mol. The van der Waals surface area contributed by atoms with E-state index in [1.807, 2.05) is 36.3 Å². The van der Waals surface area contributed by atoms with E-state index in [4.69, 9.17) is 14.0 Å². The summed E-state index contributed by atoms with van der Waals surface area (Å²) in [4.78, 5) is 19.7. The second-order valence-electron chi connectivity index (χ2n) is 7.68. The van der Waals surface area contributed by atoms with Gasteiger partial charge in [-0.2, -0.15) is 10.1 Å². The Morgan fingerprint density at radius 1 is 1.20 bits per heavy atom. The highest BCUT2D eigenvalue weighted by atomic mass is 16.7. The van der Waals surface area contributed by atoms with E-state index in [9.17, 15) is 4.79 Å². The SMILES string of the molecule is Cn1cc(-c2nc([C@H]3CCCCCN3C(=O)Cc3ccc4c(c3)OCO4)no2)cn1. The maximum absolute atomic E-state index is 13.2. The molecule has 0 N–H and O–H groups in total. The molecular formula is C21H23N5O4. The van der Waals surface area contributed by atoms with Crippen molar-refractivity contribution in [2.24, 2.45) is 7.05 Å². The topological polar surface area (TPSA) is 95.5 Å². The van der Waals surface area contributed by atoms with Crippen molar-refractivity contribution in [3.63, 3.8) is 0 Å². The molecule has 2 aliphatic rings. The zero-order valence-electron chi connectivity index (χ0n) is 16.8. The molecule has 0 aliphatic carbocycles. The van der Waals surface area contributed by atoms with Gasteiger partial charge in [0, 0.05) is 19.8 Å². The molecule has 1 saturated heterocycles. The van der Waals surface area contributed by atoms with Gasteiger partial charge in [-0.3, -0.25) is 9.48 Å². The summed E-state index contributed by atoms with van der Waals surface area (Å²) in [5.74, 6) is 2.43. The molecule has 30 heavy (non-hydrogen) atoms. The van der Waals surface area contributed by atoms with Crippen LogP contribution in [0.4, 0.5) is 0 Å². The number of amides is 1. The molecule has 0 spiro atoms. The average molecular weight is 409 g/mol. The minimum Gasteiger partial charge on any atom is -0.454 e. The second-order valence-corrected chi connectivity index (χ2v) is 7.68. The van der Waals surface area contributed by atoms with Crippen molar-refractivity contribution in [2.75, 3.05) is 13.3 Å². The van der Waals surface area contributed by atoms with Gasteiger partial charge in [0.15, 0.2) is 17.3 Å². The van der Waals surface area contributed by atoms with Crippen molar-refractivity contribution in [3.05, 3.63) is 42.0 Å². The van der Waals surface area contributed by atoms with Gasteiger partial charge < -0.3 is 18.9 Å². The fraction of sp³-hybridized carbons (Fsp3) is 0.429. The molecule has 9 heteroatoms. The van der Waals surface area contributed by atoms with Gasteiger partial charge in [0.2, 0.25) is 12.7 Å². The van der Waals surface area contributed by atoms with E-state index in [1.54, 1.807) is 10.9 Å². The van der Waals surface area contributed by atoms with Gasteiger partial charge in [0.25, 0.3) is 5.89 Å². The number of fused-ring (bicyclic) bond motifs is 1. The molecule has 0 radical (unpaired) electrons. The van der Waals surface area contributed by atoms with Gasteiger partial charge >= 0.3 is 0 Å². The maximum atomic E-state index is 13.2. The van der Waals surface area contributed by atoms with Crippen molar-refractivity contribution in [2.45, 2.75) is 38.1 Å². The molecule has 1 fully saturated rings. The summed E-state index contributed by atoms with van der Waals surface area (Å²) in [6.45, 7) is 0.906. The minimum absolute atomic E-state index is 0.0495. The quantitative estimate of drug-likeness (QED) is 0.654. The average Bonchev–Trinajstić information content (AvgIpc) is 3.45. The zero-order valence-corrected chi connectivity index (χ0v) is 16.8. The third-order valence-electron chi connectivity index (χ3n) is 5.56. The molecule has 1 amide bonds. The fourth-order valence-electron chi connectivity index (χ4n) is 4.02. The first-order chi connectivity index (χ1) is 14.7. The summed E-state index contributed by atoms with van der Waals surface area (Å²) < 4.78 is 18.0. The third kappa shape index (κ3) is 3.62. The molecule has 0 bridgehead atoms. The Labute approximate surface area is 173 Å². The van der Waals surface area contributed by atoms with E-state index in [2.05, 4.69) is 15.2 Å². The lowest BCUT2D eigenvalue weighted by Crippen LogP contribution is -2.36. The zero-order chi connectivity index (χ0) is 20.5. The highest BCUT2D eigenvalue weighted by Crippen LogP contribution is 2.34. The van der Waals surface area contributed by atoms with Crippen LogP contribution in [0.3, 0.4) is 0 Å². The summed E-state index contributed by atoms with van der Waals surface area (Å²) in [5, 5.41) is 8.35. The molecule has 1 aromatic carbocycles. The molecule has 5 rings (SSSR count). The predicted molar refractivity (Wildman–Crippen MR) is 106 cm³/mol. The molecule has 156 valence electrons. The Kier molecular flexibility index (Phi) is 4.86. The Balaban J connectivity index is 1.37. The van der Waals surface area contributed by atoms with Crippen molar-refractivity contribution < 1.29 is 18.8 Å². The summed E-state index contributed by atoms with van der Waals surface area (Å²) >= 11 is 0. The van der Waals surface area contributed by atoms with Gasteiger partial charge in [-0.05, 0) is 30.5 Å². The highest BCUT2D eigenvalue weighted by Gasteiger charge is 2.31. The largest absolute Gasteiger partial charge is 0.454 e. The number of likely N-dealkylation sites (tertiary alicyclic amines) is 1. The molecule has 0 saturated carbocycles. The van der Waals surface area contributed by atoms with Crippen LogP contribution >= 0.6 is 0 Å². The normalized spacial score (nSPS) is 18.4. The van der Waals surface area contributed by atoms with Gasteiger partial charge in [-0.25, -0.2) is 0 Å².